The van der Waals surface area contributed by atoms with Gasteiger partial charge in [-0.1, -0.05) is 37.6 Å². The maximum Gasteiger partial charge on any atom is 0.137 e. The fraction of sp³-hybridized carbons (Fsp3) is 0.353. The number of aryl methyl sites for hydroxylation is 1. The van der Waals surface area contributed by atoms with Crippen LogP contribution in [0.3, 0.4) is 0 Å². The van der Waals surface area contributed by atoms with E-state index < -0.39 is 0 Å². The Morgan fingerprint density at radius 3 is 2.76 bits per heavy atom. The summed E-state index contributed by atoms with van der Waals surface area (Å²) in [5.74, 6) is 0.686. The third-order valence-electron chi connectivity index (χ3n) is 3.50. The van der Waals surface area contributed by atoms with Gasteiger partial charge >= 0.3 is 0 Å². The molecule has 0 fully saturated rings. The number of benzene rings is 1. The maximum absolute atomic E-state index is 6.12. The lowest BCUT2D eigenvalue weighted by atomic mass is 9.98. The molecule has 1 heterocycles. The summed E-state index contributed by atoms with van der Waals surface area (Å²) in [6.07, 6.45) is 2.79. The number of nitrogens with zero attached hydrogens (tertiary/aromatic N) is 1. The number of nitrogens with one attached hydrogen (secondary N) is 1. The van der Waals surface area contributed by atoms with Gasteiger partial charge in [0.05, 0.1) is 23.9 Å². The van der Waals surface area contributed by atoms with Gasteiger partial charge in [-0.25, -0.2) is 0 Å². The van der Waals surface area contributed by atoms with Gasteiger partial charge in [0.15, 0.2) is 0 Å². The lowest BCUT2D eigenvalue weighted by Gasteiger charge is -2.21. The summed E-state index contributed by atoms with van der Waals surface area (Å²) < 4.78 is 5.33. The molecule has 0 radical (unpaired) electrons. The van der Waals surface area contributed by atoms with E-state index in [0.717, 1.165) is 24.2 Å². The number of halogens is 1. The van der Waals surface area contributed by atoms with E-state index in [4.69, 9.17) is 16.3 Å². The zero-order chi connectivity index (χ0) is 15.2. The zero-order valence-electron chi connectivity index (χ0n) is 12.7. The third kappa shape index (κ3) is 3.55. The minimum absolute atomic E-state index is 0.0392. The highest BCUT2D eigenvalue weighted by atomic mass is 35.5. The fourth-order valence-corrected chi connectivity index (χ4v) is 2.64. The lowest BCUT2D eigenvalue weighted by molar-refractivity contribution is 0.414. The van der Waals surface area contributed by atoms with Gasteiger partial charge in [0.1, 0.15) is 5.75 Å². The average Bonchev–Trinajstić information content (AvgIpc) is 2.53. The van der Waals surface area contributed by atoms with Crippen LogP contribution in [0.1, 0.15) is 36.7 Å². The molecule has 0 saturated heterocycles. The second-order valence-corrected chi connectivity index (χ2v) is 5.19. The van der Waals surface area contributed by atoms with E-state index in [9.17, 15) is 0 Å². The second kappa shape index (κ2) is 7.43. The molecule has 0 saturated carbocycles. The predicted octanol–water partition coefficient (Wildman–Crippen LogP) is 4.00. The van der Waals surface area contributed by atoms with Crippen molar-refractivity contribution in [2.45, 2.75) is 26.3 Å². The standard InChI is InChI=1S/C17H21ClN2O/c1-4-12-7-6-10-20-16(12)17(19-5-2)13-8-9-14(18)15(11-13)21-3/h6-11,17,19H,4-5H2,1-3H3. The first-order valence-corrected chi connectivity index (χ1v) is 7.59. The van der Waals surface area contributed by atoms with Gasteiger partial charge in [0.2, 0.25) is 0 Å². The minimum Gasteiger partial charge on any atom is -0.495 e. The van der Waals surface area contributed by atoms with Gasteiger partial charge in [0.25, 0.3) is 0 Å². The van der Waals surface area contributed by atoms with Crippen molar-refractivity contribution in [3.05, 3.63) is 58.4 Å². The van der Waals surface area contributed by atoms with Crippen molar-refractivity contribution in [3.8, 4) is 5.75 Å². The molecule has 1 unspecified atom stereocenters. The van der Waals surface area contributed by atoms with Crippen LogP contribution in [0.2, 0.25) is 5.02 Å². The van der Waals surface area contributed by atoms with Crippen molar-refractivity contribution >= 4 is 11.6 Å². The Labute approximate surface area is 131 Å². The Kier molecular flexibility index (Phi) is 5.59. The highest BCUT2D eigenvalue weighted by Gasteiger charge is 2.18. The van der Waals surface area contributed by atoms with Gasteiger partial charge in [-0.05, 0) is 42.3 Å². The van der Waals surface area contributed by atoms with Crippen LogP contribution in [-0.2, 0) is 6.42 Å². The van der Waals surface area contributed by atoms with Gasteiger partial charge in [0, 0.05) is 6.20 Å². The molecule has 2 aromatic rings. The number of methoxy groups -OCH3 is 1. The van der Waals surface area contributed by atoms with Crippen molar-refractivity contribution in [1.29, 1.82) is 0 Å². The van der Waals surface area contributed by atoms with Crippen molar-refractivity contribution in [2.24, 2.45) is 0 Å². The molecule has 0 spiro atoms. The first kappa shape index (κ1) is 15.8. The number of rotatable bonds is 6. The van der Waals surface area contributed by atoms with Crippen molar-refractivity contribution in [3.63, 3.8) is 0 Å². The Balaban J connectivity index is 2.48. The van der Waals surface area contributed by atoms with Crippen LogP contribution in [0.5, 0.6) is 5.75 Å². The first-order valence-electron chi connectivity index (χ1n) is 7.21. The number of hydrogen-bond donors (Lipinski definition) is 1. The van der Waals surface area contributed by atoms with Gasteiger partial charge < -0.3 is 10.1 Å². The number of pyridine rings is 1. The quantitative estimate of drug-likeness (QED) is 0.875. The molecule has 0 amide bonds. The maximum atomic E-state index is 6.12. The molecule has 3 nitrogen and oxygen atoms in total. The summed E-state index contributed by atoms with van der Waals surface area (Å²) in [5, 5.41) is 4.12. The molecular formula is C17H21ClN2O. The Bertz CT molecular complexity index is 601. The molecule has 1 atom stereocenters. The Hall–Kier alpha value is -1.58. The molecular weight excluding hydrogens is 284 g/mol. The van der Waals surface area contributed by atoms with E-state index in [0.29, 0.717) is 10.8 Å². The highest BCUT2D eigenvalue weighted by molar-refractivity contribution is 6.32. The average molecular weight is 305 g/mol. The topological polar surface area (TPSA) is 34.1 Å². The van der Waals surface area contributed by atoms with Crippen LogP contribution in [-0.4, -0.2) is 18.6 Å². The van der Waals surface area contributed by atoms with Gasteiger partial charge in [-0.3, -0.25) is 4.98 Å². The summed E-state index contributed by atoms with van der Waals surface area (Å²) in [4.78, 5) is 4.59. The molecule has 0 bridgehead atoms. The summed E-state index contributed by atoms with van der Waals surface area (Å²) >= 11 is 6.12. The number of aromatic nitrogens is 1. The normalized spacial score (nSPS) is 12.2. The van der Waals surface area contributed by atoms with Crippen LogP contribution >= 0.6 is 11.6 Å². The predicted molar refractivity (Wildman–Crippen MR) is 87.1 cm³/mol. The second-order valence-electron chi connectivity index (χ2n) is 4.79. The van der Waals surface area contributed by atoms with Gasteiger partial charge in [-0.2, -0.15) is 0 Å². The highest BCUT2D eigenvalue weighted by Crippen LogP contribution is 2.31. The van der Waals surface area contributed by atoms with Crippen molar-refractivity contribution in [2.75, 3.05) is 13.7 Å². The van der Waals surface area contributed by atoms with E-state index in [1.165, 1.54) is 5.56 Å². The molecule has 1 aromatic heterocycles. The van der Waals surface area contributed by atoms with E-state index >= 15 is 0 Å². The molecule has 1 aromatic carbocycles. The third-order valence-corrected chi connectivity index (χ3v) is 3.81. The number of hydrogen-bond acceptors (Lipinski definition) is 3. The lowest BCUT2D eigenvalue weighted by Crippen LogP contribution is -2.24. The largest absolute Gasteiger partial charge is 0.495 e. The van der Waals surface area contributed by atoms with Crippen molar-refractivity contribution < 1.29 is 4.74 Å². The van der Waals surface area contributed by atoms with Crippen LogP contribution in [0.15, 0.2) is 36.5 Å². The van der Waals surface area contributed by atoms with E-state index in [2.05, 4.69) is 30.2 Å². The monoisotopic (exact) mass is 304 g/mol. The molecule has 2 rings (SSSR count). The van der Waals surface area contributed by atoms with E-state index in [1.807, 2.05) is 30.5 Å². The molecule has 4 heteroatoms. The SMILES string of the molecule is CCNC(c1ccc(Cl)c(OC)c1)c1ncccc1CC. The number of ether oxygens (including phenoxy) is 1. The smallest absolute Gasteiger partial charge is 0.137 e. The Morgan fingerprint density at radius 2 is 2.10 bits per heavy atom. The van der Waals surface area contributed by atoms with Crippen LogP contribution in [0.25, 0.3) is 0 Å². The molecule has 1 N–H and O–H groups in total. The molecule has 112 valence electrons. The summed E-state index contributed by atoms with van der Waals surface area (Å²) in [7, 11) is 1.63. The fourth-order valence-electron chi connectivity index (χ4n) is 2.44. The molecule has 0 aliphatic heterocycles. The zero-order valence-corrected chi connectivity index (χ0v) is 13.4. The summed E-state index contributed by atoms with van der Waals surface area (Å²) in [5.41, 5.74) is 3.41. The van der Waals surface area contributed by atoms with Crippen LogP contribution in [0, 0.1) is 0 Å². The Morgan fingerprint density at radius 1 is 1.29 bits per heavy atom. The van der Waals surface area contributed by atoms with Crippen LogP contribution in [0.4, 0.5) is 0 Å². The molecule has 21 heavy (non-hydrogen) atoms. The minimum atomic E-state index is 0.0392. The van der Waals surface area contributed by atoms with E-state index in [-0.39, 0.29) is 6.04 Å². The summed E-state index contributed by atoms with van der Waals surface area (Å²) in [6, 6.07) is 10.0. The first-order chi connectivity index (χ1) is 10.2. The van der Waals surface area contributed by atoms with E-state index in [1.54, 1.807) is 7.11 Å². The van der Waals surface area contributed by atoms with Gasteiger partial charge in [-0.15, -0.1) is 0 Å². The summed E-state index contributed by atoms with van der Waals surface area (Å²) in [6.45, 7) is 5.09. The van der Waals surface area contributed by atoms with Crippen LogP contribution < -0.4 is 10.1 Å². The van der Waals surface area contributed by atoms with Crippen molar-refractivity contribution in [1.82, 2.24) is 10.3 Å². The molecule has 0 aliphatic carbocycles. The molecule has 0 aliphatic rings.